The summed E-state index contributed by atoms with van der Waals surface area (Å²) in [4.78, 5) is 12.8. The molecule has 9 nitrogen and oxygen atoms in total. The topological polar surface area (TPSA) is 150 Å². The molecule has 0 amide bonds. The van der Waals surface area contributed by atoms with Crippen LogP contribution in [-0.4, -0.2) is 62.8 Å². The average Bonchev–Trinajstić information content (AvgIpc) is 2.75. The molecule has 1 saturated heterocycles. The molecular formula is C21H20O9. The lowest BCUT2D eigenvalue weighted by atomic mass is 9.99. The van der Waals surface area contributed by atoms with Gasteiger partial charge in [-0.1, -0.05) is 12.1 Å². The molecule has 0 radical (unpaired) electrons. The van der Waals surface area contributed by atoms with Crippen molar-refractivity contribution in [1.29, 1.82) is 0 Å². The van der Waals surface area contributed by atoms with Crippen LogP contribution < -0.4 is 10.2 Å². The van der Waals surface area contributed by atoms with Crippen molar-refractivity contribution in [3.05, 3.63) is 59.0 Å². The molecular weight excluding hydrogens is 396 g/mol. The number of aliphatic hydroxyl groups excluding tert-OH is 4. The Kier molecular flexibility index (Phi) is 5.46. The average molecular weight is 416 g/mol. The summed E-state index contributed by atoms with van der Waals surface area (Å²) < 4.78 is 16.4. The number of fused-ring (bicyclic) bond motifs is 1. The maximum atomic E-state index is 12.8. The van der Waals surface area contributed by atoms with Gasteiger partial charge < -0.3 is 39.4 Å². The van der Waals surface area contributed by atoms with Crippen LogP contribution in [0.25, 0.3) is 22.1 Å². The van der Waals surface area contributed by atoms with Gasteiger partial charge in [0.15, 0.2) is 5.43 Å². The first kappa shape index (κ1) is 20.3. The molecule has 30 heavy (non-hydrogen) atoms. The zero-order valence-corrected chi connectivity index (χ0v) is 15.6. The summed E-state index contributed by atoms with van der Waals surface area (Å²) in [6.45, 7) is -0.572. The fourth-order valence-corrected chi connectivity index (χ4v) is 3.32. The second-order valence-electron chi connectivity index (χ2n) is 7.00. The highest BCUT2D eigenvalue weighted by Gasteiger charge is 2.44. The molecule has 2 aromatic carbocycles. The van der Waals surface area contributed by atoms with E-state index in [0.29, 0.717) is 16.5 Å². The summed E-state index contributed by atoms with van der Waals surface area (Å²) in [7, 11) is 0. The van der Waals surface area contributed by atoms with E-state index in [0.717, 1.165) is 0 Å². The van der Waals surface area contributed by atoms with Crippen LogP contribution in [0.5, 0.6) is 11.5 Å². The van der Waals surface area contributed by atoms with Crippen LogP contribution in [0.15, 0.2) is 57.9 Å². The molecule has 1 aromatic heterocycles. The first-order valence-electron chi connectivity index (χ1n) is 9.21. The van der Waals surface area contributed by atoms with E-state index >= 15 is 0 Å². The molecule has 5 atom stereocenters. The van der Waals surface area contributed by atoms with Gasteiger partial charge in [0.25, 0.3) is 0 Å². The Morgan fingerprint density at radius 2 is 1.70 bits per heavy atom. The minimum Gasteiger partial charge on any atom is -0.508 e. The van der Waals surface area contributed by atoms with E-state index in [1.165, 1.54) is 36.6 Å². The summed E-state index contributed by atoms with van der Waals surface area (Å²) in [6.07, 6.45) is -5.75. The number of rotatable bonds is 4. The zero-order chi connectivity index (χ0) is 21.4. The third-order valence-corrected chi connectivity index (χ3v) is 5.03. The van der Waals surface area contributed by atoms with Gasteiger partial charge in [-0.25, -0.2) is 0 Å². The lowest BCUT2D eigenvalue weighted by molar-refractivity contribution is -0.277. The maximum Gasteiger partial charge on any atom is 0.229 e. The highest BCUT2D eigenvalue weighted by Crippen LogP contribution is 2.27. The first-order chi connectivity index (χ1) is 14.4. The summed E-state index contributed by atoms with van der Waals surface area (Å²) in [6, 6.07) is 10.5. The molecule has 0 unspecified atom stereocenters. The second kappa shape index (κ2) is 8.05. The fraction of sp³-hybridized carbons (Fsp3) is 0.286. The molecule has 0 aliphatic carbocycles. The van der Waals surface area contributed by atoms with E-state index in [1.807, 2.05) is 0 Å². The summed E-state index contributed by atoms with van der Waals surface area (Å²) >= 11 is 0. The van der Waals surface area contributed by atoms with Gasteiger partial charge in [0.2, 0.25) is 6.29 Å². The number of phenols is 1. The maximum absolute atomic E-state index is 12.8. The van der Waals surface area contributed by atoms with E-state index in [9.17, 15) is 30.3 Å². The van der Waals surface area contributed by atoms with Gasteiger partial charge in [0, 0.05) is 6.07 Å². The Hall–Kier alpha value is -2.95. The van der Waals surface area contributed by atoms with Crippen LogP contribution in [0, 0.1) is 0 Å². The predicted octanol–water partition coefficient (Wildman–Crippen LogP) is 0.344. The standard InChI is InChI=1S/C21H20O9/c22-8-16-18(25)19(26)20(27)21(30-16)29-12-5-6-13-15(7-12)28-9-14(17(13)24)10-1-3-11(23)4-2-10/h1-7,9,16,18-23,25-27H,8H2/t16-,18+,19+,20-,21+/m0/s1. The molecule has 2 heterocycles. The summed E-state index contributed by atoms with van der Waals surface area (Å²) in [5.41, 5.74) is 0.862. The quantitative estimate of drug-likeness (QED) is 0.406. The van der Waals surface area contributed by atoms with Crippen molar-refractivity contribution < 1.29 is 39.4 Å². The summed E-state index contributed by atoms with van der Waals surface area (Å²) in [5.74, 6) is 0.270. The lowest BCUT2D eigenvalue weighted by Gasteiger charge is -2.39. The van der Waals surface area contributed by atoms with Gasteiger partial charge in [-0.05, 0) is 29.8 Å². The van der Waals surface area contributed by atoms with Crippen molar-refractivity contribution in [2.75, 3.05) is 6.61 Å². The van der Waals surface area contributed by atoms with Crippen LogP contribution in [0.3, 0.4) is 0 Å². The Balaban J connectivity index is 1.62. The Labute approximate surface area is 170 Å². The molecule has 9 heteroatoms. The van der Waals surface area contributed by atoms with E-state index in [1.54, 1.807) is 12.1 Å². The van der Waals surface area contributed by atoms with Crippen LogP contribution in [-0.2, 0) is 4.74 Å². The monoisotopic (exact) mass is 416 g/mol. The van der Waals surface area contributed by atoms with Gasteiger partial charge in [0.05, 0.1) is 17.6 Å². The molecule has 0 bridgehead atoms. The Morgan fingerprint density at radius 3 is 2.40 bits per heavy atom. The normalized spacial score (nSPS) is 26.6. The Morgan fingerprint density at radius 1 is 0.967 bits per heavy atom. The summed E-state index contributed by atoms with van der Waals surface area (Å²) in [5, 5.41) is 48.7. The minimum atomic E-state index is -1.56. The van der Waals surface area contributed by atoms with Crippen molar-refractivity contribution in [1.82, 2.24) is 0 Å². The van der Waals surface area contributed by atoms with Crippen LogP contribution in [0.2, 0.25) is 0 Å². The molecule has 1 aliphatic heterocycles. The van der Waals surface area contributed by atoms with E-state index in [4.69, 9.17) is 13.9 Å². The highest BCUT2D eigenvalue weighted by atomic mass is 16.7. The molecule has 1 aliphatic rings. The van der Waals surface area contributed by atoms with Crippen LogP contribution >= 0.6 is 0 Å². The van der Waals surface area contributed by atoms with E-state index in [-0.39, 0.29) is 22.5 Å². The third-order valence-electron chi connectivity index (χ3n) is 5.03. The lowest BCUT2D eigenvalue weighted by Crippen LogP contribution is -2.60. The Bertz CT molecular complexity index is 1090. The number of hydrogen-bond acceptors (Lipinski definition) is 9. The van der Waals surface area contributed by atoms with Crippen molar-refractivity contribution in [3.63, 3.8) is 0 Å². The molecule has 3 aromatic rings. The van der Waals surface area contributed by atoms with Gasteiger partial charge in [-0.3, -0.25) is 4.79 Å². The largest absolute Gasteiger partial charge is 0.508 e. The molecule has 0 spiro atoms. The van der Waals surface area contributed by atoms with Gasteiger partial charge in [-0.2, -0.15) is 0 Å². The van der Waals surface area contributed by atoms with Crippen molar-refractivity contribution in [3.8, 4) is 22.6 Å². The number of aromatic hydroxyl groups is 1. The minimum absolute atomic E-state index is 0.0823. The number of benzene rings is 2. The van der Waals surface area contributed by atoms with E-state index in [2.05, 4.69) is 0 Å². The van der Waals surface area contributed by atoms with Gasteiger partial charge in [-0.15, -0.1) is 0 Å². The number of ether oxygens (including phenoxy) is 2. The van der Waals surface area contributed by atoms with Gasteiger partial charge in [0.1, 0.15) is 47.8 Å². The number of aliphatic hydroxyl groups is 4. The SMILES string of the molecule is O=c1c(-c2ccc(O)cc2)coc2cc(O[C@@H]3O[C@@H](CO)[C@@H](O)[C@@H](O)[C@@H]3O)ccc12. The van der Waals surface area contributed by atoms with Crippen LogP contribution in [0.4, 0.5) is 0 Å². The molecule has 1 fully saturated rings. The third kappa shape index (κ3) is 3.64. The highest BCUT2D eigenvalue weighted by molar-refractivity contribution is 5.82. The number of phenolic OH excluding ortho intramolecular Hbond substituents is 1. The van der Waals surface area contributed by atoms with Crippen molar-refractivity contribution in [2.24, 2.45) is 0 Å². The first-order valence-corrected chi connectivity index (χ1v) is 9.21. The number of hydrogen-bond donors (Lipinski definition) is 5. The zero-order valence-electron chi connectivity index (χ0n) is 15.6. The van der Waals surface area contributed by atoms with Crippen LogP contribution in [0.1, 0.15) is 0 Å². The van der Waals surface area contributed by atoms with E-state index < -0.39 is 37.3 Å². The predicted molar refractivity (Wildman–Crippen MR) is 104 cm³/mol. The fourth-order valence-electron chi connectivity index (χ4n) is 3.32. The molecule has 0 saturated carbocycles. The second-order valence-corrected chi connectivity index (χ2v) is 7.00. The van der Waals surface area contributed by atoms with Crippen molar-refractivity contribution in [2.45, 2.75) is 30.7 Å². The smallest absolute Gasteiger partial charge is 0.229 e. The molecule has 158 valence electrons. The van der Waals surface area contributed by atoms with Gasteiger partial charge >= 0.3 is 0 Å². The molecule has 4 rings (SSSR count). The molecule has 5 N–H and O–H groups in total. The van der Waals surface area contributed by atoms with Crippen molar-refractivity contribution >= 4 is 11.0 Å².